The molecule has 2 N–H and O–H groups in total. The van der Waals surface area contributed by atoms with Gasteiger partial charge in [0.05, 0.1) is 11.6 Å². The van der Waals surface area contributed by atoms with Crippen molar-refractivity contribution >= 4 is 23.1 Å². The number of halogens is 1. The average molecular weight is 308 g/mol. The van der Waals surface area contributed by atoms with E-state index in [4.69, 9.17) is 0 Å². The SMILES string of the molecule is CCNc1nccc(C(=O)NC(C)c2nc(C)cs2)c1F. The molecule has 7 heteroatoms. The highest BCUT2D eigenvalue weighted by atomic mass is 32.1. The molecule has 0 bridgehead atoms. The Kier molecular flexibility index (Phi) is 4.85. The number of hydrogen-bond donors (Lipinski definition) is 2. The van der Waals surface area contributed by atoms with Crippen LogP contribution in [0.5, 0.6) is 0 Å². The van der Waals surface area contributed by atoms with Crippen LogP contribution in [0.3, 0.4) is 0 Å². The molecule has 0 aliphatic heterocycles. The first kappa shape index (κ1) is 15.4. The third-order valence-corrected chi connectivity index (χ3v) is 3.98. The number of carbonyl (C=O) groups excluding carboxylic acids is 1. The Bertz CT molecular complexity index is 644. The summed E-state index contributed by atoms with van der Waals surface area (Å²) in [5, 5.41) is 8.24. The lowest BCUT2D eigenvalue weighted by molar-refractivity contribution is 0.0935. The molecule has 0 spiro atoms. The zero-order valence-electron chi connectivity index (χ0n) is 12.1. The highest BCUT2D eigenvalue weighted by Gasteiger charge is 2.19. The monoisotopic (exact) mass is 308 g/mol. The maximum absolute atomic E-state index is 14.2. The summed E-state index contributed by atoms with van der Waals surface area (Å²) in [6.45, 7) is 6.07. The number of anilines is 1. The Morgan fingerprint density at radius 3 is 2.90 bits per heavy atom. The van der Waals surface area contributed by atoms with Gasteiger partial charge in [-0.3, -0.25) is 4.79 Å². The van der Waals surface area contributed by atoms with Crippen LogP contribution in [-0.2, 0) is 0 Å². The summed E-state index contributed by atoms with van der Waals surface area (Å²) in [5.74, 6) is -1.03. The van der Waals surface area contributed by atoms with Crippen LogP contribution >= 0.6 is 11.3 Å². The summed E-state index contributed by atoms with van der Waals surface area (Å²) in [6, 6.07) is 1.09. The van der Waals surface area contributed by atoms with E-state index >= 15 is 0 Å². The second kappa shape index (κ2) is 6.62. The lowest BCUT2D eigenvalue weighted by Crippen LogP contribution is -2.27. The molecule has 0 aliphatic carbocycles. The van der Waals surface area contributed by atoms with Gasteiger partial charge in [-0.25, -0.2) is 14.4 Å². The fourth-order valence-electron chi connectivity index (χ4n) is 1.82. The largest absolute Gasteiger partial charge is 0.368 e. The van der Waals surface area contributed by atoms with Crippen LogP contribution in [0, 0.1) is 12.7 Å². The van der Waals surface area contributed by atoms with Crippen LogP contribution in [-0.4, -0.2) is 22.4 Å². The van der Waals surface area contributed by atoms with Crippen LogP contribution in [0.25, 0.3) is 0 Å². The smallest absolute Gasteiger partial charge is 0.255 e. The Balaban J connectivity index is 2.15. The van der Waals surface area contributed by atoms with Crippen LogP contribution in [0.1, 0.15) is 40.9 Å². The van der Waals surface area contributed by atoms with Gasteiger partial charge in [-0.1, -0.05) is 0 Å². The standard InChI is InChI=1S/C14H17FN4OS/c1-4-16-12-11(15)10(5-6-17-12)13(20)19-9(3)14-18-8(2)7-21-14/h5-7,9H,4H2,1-3H3,(H,16,17)(H,19,20). The van der Waals surface area contributed by atoms with Crippen molar-refractivity contribution in [1.82, 2.24) is 15.3 Å². The molecule has 21 heavy (non-hydrogen) atoms. The molecular formula is C14H17FN4OS. The van der Waals surface area contributed by atoms with Crippen molar-refractivity contribution in [1.29, 1.82) is 0 Å². The van der Waals surface area contributed by atoms with E-state index in [-0.39, 0.29) is 17.4 Å². The molecule has 1 unspecified atom stereocenters. The van der Waals surface area contributed by atoms with Gasteiger partial charge in [0.1, 0.15) is 5.01 Å². The summed E-state index contributed by atoms with van der Waals surface area (Å²) >= 11 is 1.47. The number of rotatable bonds is 5. The maximum Gasteiger partial charge on any atom is 0.255 e. The summed E-state index contributed by atoms with van der Waals surface area (Å²) in [6.07, 6.45) is 1.41. The number of nitrogens with zero attached hydrogens (tertiary/aromatic N) is 2. The molecule has 0 radical (unpaired) electrons. The van der Waals surface area contributed by atoms with Gasteiger partial charge in [0.2, 0.25) is 0 Å². The van der Waals surface area contributed by atoms with E-state index in [0.717, 1.165) is 10.7 Å². The van der Waals surface area contributed by atoms with Crippen molar-refractivity contribution in [2.45, 2.75) is 26.8 Å². The summed E-state index contributed by atoms with van der Waals surface area (Å²) < 4.78 is 14.2. The van der Waals surface area contributed by atoms with Crippen LogP contribution in [0.15, 0.2) is 17.6 Å². The molecule has 5 nitrogen and oxygen atoms in total. The first-order valence-electron chi connectivity index (χ1n) is 6.64. The van der Waals surface area contributed by atoms with Gasteiger partial charge in [-0.15, -0.1) is 11.3 Å². The van der Waals surface area contributed by atoms with Crippen LogP contribution < -0.4 is 10.6 Å². The van der Waals surface area contributed by atoms with E-state index in [1.54, 1.807) is 0 Å². The third-order valence-electron chi connectivity index (χ3n) is 2.83. The first-order chi connectivity index (χ1) is 10.0. The Labute approximate surface area is 126 Å². The lowest BCUT2D eigenvalue weighted by Gasteiger charge is -2.13. The van der Waals surface area contributed by atoms with E-state index in [1.165, 1.54) is 23.6 Å². The first-order valence-corrected chi connectivity index (χ1v) is 7.52. The van der Waals surface area contributed by atoms with Crippen LogP contribution in [0.2, 0.25) is 0 Å². The van der Waals surface area contributed by atoms with Gasteiger partial charge < -0.3 is 10.6 Å². The molecule has 1 atom stereocenters. The van der Waals surface area contributed by atoms with Crippen molar-refractivity contribution in [2.75, 3.05) is 11.9 Å². The van der Waals surface area contributed by atoms with Crippen molar-refractivity contribution in [3.05, 3.63) is 39.7 Å². The second-order valence-electron chi connectivity index (χ2n) is 4.57. The Morgan fingerprint density at radius 1 is 1.52 bits per heavy atom. The number of thiazole rings is 1. The molecule has 0 saturated heterocycles. The van der Waals surface area contributed by atoms with Crippen molar-refractivity contribution in [3.8, 4) is 0 Å². The van der Waals surface area contributed by atoms with Gasteiger partial charge in [-0.2, -0.15) is 0 Å². The third kappa shape index (κ3) is 3.55. The van der Waals surface area contributed by atoms with Gasteiger partial charge in [0, 0.05) is 23.8 Å². The maximum atomic E-state index is 14.2. The molecule has 0 saturated carbocycles. The number of aryl methyl sites for hydroxylation is 1. The summed E-state index contributed by atoms with van der Waals surface area (Å²) in [7, 11) is 0. The predicted octanol–water partition coefficient (Wildman–Crippen LogP) is 2.91. The van der Waals surface area contributed by atoms with Gasteiger partial charge in [0.25, 0.3) is 5.91 Å². The number of hydrogen-bond acceptors (Lipinski definition) is 5. The number of carbonyl (C=O) groups is 1. The highest BCUT2D eigenvalue weighted by Crippen LogP contribution is 2.19. The molecule has 2 aromatic rings. The fourth-order valence-corrected chi connectivity index (χ4v) is 2.62. The van der Waals surface area contributed by atoms with Gasteiger partial charge in [-0.05, 0) is 26.8 Å². The van der Waals surface area contributed by atoms with E-state index in [9.17, 15) is 9.18 Å². The summed E-state index contributed by atoms with van der Waals surface area (Å²) in [4.78, 5) is 20.4. The number of pyridine rings is 1. The normalized spacial score (nSPS) is 12.0. The van der Waals surface area contributed by atoms with Crippen molar-refractivity contribution in [2.24, 2.45) is 0 Å². The average Bonchev–Trinajstić information content (AvgIpc) is 2.88. The van der Waals surface area contributed by atoms with E-state index in [1.807, 2.05) is 26.2 Å². The number of amides is 1. The van der Waals surface area contributed by atoms with E-state index < -0.39 is 11.7 Å². The molecular weight excluding hydrogens is 291 g/mol. The van der Waals surface area contributed by atoms with Gasteiger partial charge >= 0.3 is 0 Å². The highest BCUT2D eigenvalue weighted by molar-refractivity contribution is 7.09. The topological polar surface area (TPSA) is 66.9 Å². The zero-order valence-corrected chi connectivity index (χ0v) is 12.9. The fraction of sp³-hybridized carbons (Fsp3) is 0.357. The quantitative estimate of drug-likeness (QED) is 0.891. The molecule has 2 rings (SSSR count). The number of nitrogens with one attached hydrogen (secondary N) is 2. The molecule has 0 fully saturated rings. The Hall–Kier alpha value is -2.02. The minimum Gasteiger partial charge on any atom is -0.368 e. The minimum atomic E-state index is -0.639. The predicted molar refractivity (Wildman–Crippen MR) is 81.1 cm³/mol. The molecule has 112 valence electrons. The lowest BCUT2D eigenvalue weighted by atomic mass is 10.2. The minimum absolute atomic E-state index is 0.0268. The molecule has 2 heterocycles. The summed E-state index contributed by atoms with van der Waals surface area (Å²) in [5.41, 5.74) is 0.877. The molecule has 1 amide bonds. The number of aromatic nitrogens is 2. The van der Waals surface area contributed by atoms with Crippen molar-refractivity contribution < 1.29 is 9.18 Å². The molecule has 2 aromatic heterocycles. The second-order valence-corrected chi connectivity index (χ2v) is 5.46. The van der Waals surface area contributed by atoms with Crippen molar-refractivity contribution in [3.63, 3.8) is 0 Å². The Morgan fingerprint density at radius 2 is 2.29 bits per heavy atom. The molecule has 0 aliphatic rings. The zero-order chi connectivity index (χ0) is 15.4. The van der Waals surface area contributed by atoms with Crippen LogP contribution in [0.4, 0.5) is 10.2 Å². The van der Waals surface area contributed by atoms with E-state index in [2.05, 4.69) is 20.6 Å². The van der Waals surface area contributed by atoms with Gasteiger partial charge in [0.15, 0.2) is 11.6 Å². The molecule has 0 aromatic carbocycles. The van der Waals surface area contributed by atoms with E-state index in [0.29, 0.717) is 6.54 Å².